The van der Waals surface area contributed by atoms with Gasteiger partial charge in [0.25, 0.3) is 0 Å². The Morgan fingerprint density at radius 3 is 2.27 bits per heavy atom. The molecule has 0 saturated heterocycles. The minimum atomic E-state index is 0.234. The molecule has 6 heteroatoms. The first-order valence-electron chi connectivity index (χ1n) is 6.52. The van der Waals surface area contributed by atoms with Crippen LogP contribution in [0.3, 0.4) is 0 Å². The van der Waals surface area contributed by atoms with Crippen LogP contribution in [0.5, 0.6) is 5.75 Å². The van der Waals surface area contributed by atoms with E-state index in [4.69, 9.17) is 11.2 Å². The Morgan fingerprint density at radius 2 is 1.64 bits per heavy atom. The maximum atomic E-state index is 5.31. The predicted molar refractivity (Wildman–Crippen MR) is 80.6 cm³/mol. The molecule has 2 aromatic heterocycles. The number of terminal acetylenes is 1. The van der Waals surface area contributed by atoms with E-state index in [2.05, 4.69) is 31.3 Å². The van der Waals surface area contributed by atoms with E-state index in [0.717, 1.165) is 5.56 Å². The standard InChI is InChI=1S/C16H11N5O/c1-2-11-22-13-8-6-12(7-9-13)15-18-20-16(21-19-15)14-5-3-4-10-17-14/h1,3-10H,11H2. The van der Waals surface area contributed by atoms with E-state index in [1.54, 1.807) is 24.4 Å². The van der Waals surface area contributed by atoms with Gasteiger partial charge in [-0.2, -0.15) is 0 Å². The minimum Gasteiger partial charge on any atom is -0.481 e. The van der Waals surface area contributed by atoms with E-state index >= 15 is 0 Å². The Hall–Kier alpha value is -3.33. The molecule has 2 heterocycles. The van der Waals surface area contributed by atoms with Gasteiger partial charge in [-0.3, -0.25) is 4.98 Å². The second kappa shape index (κ2) is 6.41. The highest BCUT2D eigenvalue weighted by Crippen LogP contribution is 2.19. The van der Waals surface area contributed by atoms with Gasteiger partial charge in [0, 0.05) is 11.8 Å². The maximum Gasteiger partial charge on any atom is 0.221 e. The number of hydrogen-bond donors (Lipinski definition) is 0. The highest BCUT2D eigenvalue weighted by atomic mass is 16.5. The first kappa shape index (κ1) is 13.6. The molecule has 0 aliphatic heterocycles. The predicted octanol–water partition coefficient (Wildman–Crippen LogP) is 2.01. The van der Waals surface area contributed by atoms with Gasteiger partial charge in [-0.1, -0.05) is 12.0 Å². The Kier molecular flexibility index (Phi) is 3.98. The molecule has 1 aromatic carbocycles. The number of ether oxygens (including phenoxy) is 1. The van der Waals surface area contributed by atoms with E-state index in [0.29, 0.717) is 23.1 Å². The largest absolute Gasteiger partial charge is 0.481 e. The second-order valence-electron chi connectivity index (χ2n) is 4.28. The Morgan fingerprint density at radius 1 is 0.909 bits per heavy atom. The molecule has 0 radical (unpaired) electrons. The highest BCUT2D eigenvalue weighted by molar-refractivity contribution is 5.56. The fourth-order valence-electron chi connectivity index (χ4n) is 1.77. The first-order valence-corrected chi connectivity index (χ1v) is 6.52. The van der Waals surface area contributed by atoms with Crippen molar-refractivity contribution in [2.24, 2.45) is 0 Å². The molecule has 3 aromatic rings. The maximum absolute atomic E-state index is 5.31. The van der Waals surface area contributed by atoms with Crippen LogP contribution in [0.4, 0.5) is 0 Å². The van der Waals surface area contributed by atoms with E-state index in [-0.39, 0.29) is 6.61 Å². The quantitative estimate of drug-likeness (QED) is 0.684. The molecule has 106 valence electrons. The summed E-state index contributed by atoms with van der Waals surface area (Å²) in [4.78, 5) is 4.15. The van der Waals surface area contributed by atoms with Crippen LogP contribution in [0.2, 0.25) is 0 Å². The van der Waals surface area contributed by atoms with Gasteiger partial charge in [0.2, 0.25) is 11.6 Å². The van der Waals surface area contributed by atoms with E-state index in [9.17, 15) is 0 Å². The molecule has 0 amide bonds. The highest BCUT2D eigenvalue weighted by Gasteiger charge is 2.07. The Bertz CT molecular complexity index is 780. The van der Waals surface area contributed by atoms with Gasteiger partial charge in [-0.05, 0) is 36.4 Å². The molecule has 22 heavy (non-hydrogen) atoms. The fraction of sp³-hybridized carbons (Fsp3) is 0.0625. The van der Waals surface area contributed by atoms with Gasteiger partial charge in [0.05, 0.1) is 0 Å². The number of benzene rings is 1. The molecule has 0 bridgehead atoms. The zero-order valence-corrected chi connectivity index (χ0v) is 11.5. The first-order chi connectivity index (χ1) is 10.9. The molecule has 0 aliphatic rings. The molecule has 0 saturated carbocycles. The van der Waals surface area contributed by atoms with Crippen LogP contribution >= 0.6 is 0 Å². The number of rotatable bonds is 4. The summed E-state index contributed by atoms with van der Waals surface area (Å²) in [5.41, 5.74) is 1.42. The molecule has 0 unspecified atom stereocenters. The number of nitrogens with zero attached hydrogens (tertiary/aromatic N) is 5. The smallest absolute Gasteiger partial charge is 0.221 e. The minimum absolute atomic E-state index is 0.234. The summed E-state index contributed by atoms with van der Waals surface area (Å²) in [7, 11) is 0. The van der Waals surface area contributed by atoms with Gasteiger partial charge in [0.15, 0.2) is 0 Å². The Balaban J connectivity index is 1.80. The summed E-state index contributed by atoms with van der Waals surface area (Å²) in [5.74, 6) is 3.92. The zero-order chi connectivity index (χ0) is 15.2. The zero-order valence-electron chi connectivity index (χ0n) is 11.5. The lowest BCUT2D eigenvalue weighted by Gasteiger charge is -2.03. The summed E-state index contributed by atoms with van der Waals surface area (Å²) in [5, 5.41) is 16.3. The molecular formula is C16H11N5O. The van der Waals surface area contributed by atoms with Crippen LogP contribution in [-0.4, -0.2) is 32.0 Å². The van der Waals surface area contributed by atoms with Crippen LogP contribution in [-0.2, 0) is 0 Å². The monoisotopic (exact) mass is 289 g/mol. The average molecular weight is 289 g/mol. The molecule has 3 rings (SSSR count). The third kappa shape index (κ3) is 3.04. The van der Waals surface area contributed by atoms with Crippen molar-refractivity contribution < 1.29 is 4.74 Å². The van der Waals surface area contributed by atoms with Crippen LogP contribution < -0.4 is 4.74 Å². The van der Waals surface area contributed by atoms with Crippen molar-refractivity contribution in [2.75, 3.05) is 6.61 Å². The SMILES string of the molecule is C#CCOc1ccc(-c2nnc(-c3ccccn3)nn2)cc1. The van der Waals surface area contributed by atoms with Gasteiger partial charge >= 0.3 is 0 Å². The fourth-order valence-corrected chi connectivity index (χ4v) is 1.77. The third-order valence-corrected chi connectivity index (χ3v) is 2.81. The van der Waals surface area contributed by atoms with Crippen molar-refractivity contribution in [1.29, 1.82) is 0 Å². The van der Waals surface area contributed by atoms with Crippen LogP contribution in [0.1, 0.15) is 0 Å². The normalized spacial score (nSPS) is 9.95. The van der Waals surface area contributed by atoms with E-state index < -0.39 is 0 Å². The average Bonchev–Trinajstić information content (AvgIpc) is 2.61. The van der Waals surface area contributed by atoms with Gasteiger partial charge < -0.3 is 4.74 Å². The van der Waals surface area contributed by atoms with Crippen LogP contribution in [0.15, 0.2) is 48.7 Å². The molecule has 0 atom stereocenters. The molecule has 0 spiro atoms. The lowest BCUT2D eigenvalue weighted by atomic mass is 10.2. The van der Waals surface area contributed by atoms with Gasteiger partial charge in [-0.15, -0.1) is 26.8 Å². The molecular weight excluding hydrogens is 278 g/mol. The van der Waals surface area contributed by atoms with Gasteiger partial charge in [0.1, 0.15) is 18.1 Å². The van der Waals surface area contributed by atoms with Crippen LogP contribution in [0, 0.1) is 12.3 Å². The number of pyridine rings is 1. The topological polar surface area (TPSA) is 73.7 Å². The second-order valence-corrected chi connectivity index (χ2v) is 4.28. The summed E-state index contributed by atoms with van der Waals surface area (Å²) in [6, 6.07) is 12.7. The summed E-state index contributed by atoms with van der Waals surface area (Å²) in [6.07, 6.45) is 6.81. The van der Waals surface area contributed by atoms with Crippen molar-refractivity contribution in [3.63, 3.8) is 0 Å². The number of hydrogen-bond acceptors (Lipinski definition) is 6. The third-order valence-electron chi connectivity index (χ3n) is 2.81. The lowest BCUT2D eigenvalue weighted by molar-refractivity contribution is 0.370. The van der Waals surface area contributed by atoms with Crippen molar-refractivity contribution in [3.8, 4) is 41.0 Å². The summed E-state index contributed by atoms with van der Waals surface area (Å²) >= 11 is 0. The van der Waals surface area contributed by atoms with Crippen LogP contribution in [0.25, 0.3) is 22.9 Å². The van der Waals surface area contributed by atoms with E-state index in [1.165, 1.54) is 0 Å². The summed E-state index contributed by atoms with van der Waals surface area (Å²) < 4.78 is 5.31. The van der Waals surface area contributed by atoms with Gasteiger partial charge in [-0.25, -0.2) is 0 Å². The molecule has 0 N–H and O–H groups in total. The number of aromatic nitrogens is 5. The van der Waals surface area contributed by atoms with Crippen molar-refractivity contribution in [2.45, 2.75) is 0 Å². The van der Waals surface area contributed by atoms with Crippen molar-refractivity contribution in [3.05, 3.63) is 48.7 Å². The van der Waals surface area contributed by atoms with Crippen molar-refractivity contribution >= 4 is 0 Å². The van der Waals surface area contributed by atoms with E-state index in [1.807, 2.05) is 24.3 Å². The van der Waals surface area contributed by atoms with Crippen molar-refractivity contribution in [1.82, 2.24) is 25.4 Å². The Labute approximate surface area is 127 Å². The molecule has 6 nitrogen and oxygen atoms in total. The molecule has 0 fully saturated rings. The molecule has 0 aliphatic carbocycles. The summed E-state index contributed by atoms with van der Waals surface area (Å²) in [6.45, 7) is 0.234. The lowest BCUT2D eigenvalue weighted by Crippen LogP contribution is -2.00.